The molecule has 212 valence electrons. The fourth-order valence-electron chi connectivity index (χ4n) is 4.99. The highest BCUT2D eigenvalue weighted by molar-refractivity contribution is 6.12. The van der Waals surface area contributed by atoms with E-state index in [9.17, 15) is 23.2 Å². The molecule has 40 heavy (non-hydrogen) atoms. The van der Waals surface area contributed by atoms with E-state index in [0.717, 1.165) is 43.4 Å². The van der Waals surface area contributed by atoms with Gasteiger partial charge in [0.1, 0.15) is 29.6 Å². The van der Waals surface area contributed by atoms with Crippen molar-refractivity contribution < 1.29 is 23.1 Å². The summed E-state index contributed by atoms with van der Waals surface area (Å²) in [5.74, 6) is -2.65. The molecule has 2 aromatic carbocycles. The molecular weight excluding hydrogens is 516 g/mol. The van der Waals surface area contributed by atoms with Gasteiger partial charge in [-0.25, -0.2) is 8.78 Å². The number of ketones is 1. The molecule has 4 rings (SSSR count). The van der Waals surface area contributed by atoms with Gasteiger partial charge in [-0.1, -0.05) is 38.1 Å². The Morgan fingerprint density at radius 1 is 1.05 bits per heavy atom. The Kier molecular flexibility index (Phi) is 9.47. The predicted octanol–water partition coefficient (Wildman–Crippen LogP) is 5.17. The van der Waals surface area contributed by atoms with E-state index in [1.165, 1.54) is 6.07 Å². The van der Waals surface area contributed by atoms with Gasteiger partial charge >= 0.3 is 5.97 Å². The van der Waals surface area contributed by atoms with Crippen molar-refractivity contribution in [2.45, 2.75) is 64.5 Å². The van der Waals surface area contributed by atoms with Crippen LogP contribution in [0.2, 0.25) is 0 Å². The summed E-state index contributed by atoms with van der Waals surface area (Å²) in [6, 6.07) is 10.8. The van der Waals surface area contributed by atoms with Gasteiger partial charge in [0.15, 0.2) is 5.78 Å². The number of benzene rings is 2. The summed E-state index contributed by atoms with van der Waals surface area (Å²) >= 11 is 0. The Morgan fingerprint density at radius 3 is 2.40 bits per heavy atom. The Morgan fingerprint density at radius 2 is 1.75 bits per heavy atom. The van der Waals surface area contributed by atoms with Gasteiger partial charge in [-0.3, -0.25) is 14.4 Å². The molecule has 7 nitrogen and oxygen atoms in total. The van der Waals surface area contributed by atoms with Gasteiger partial charge in [-0.15, -0.1) is 0 Å². The van der Waals surface area contributed by atoms with Crippen LogP contribution in [0.1, 0.15) is 67.4 Å². The number of ether oxygens (including phenoxy) is 1. The van der Waals surface area contributed by atoms with E-state index in [4.69, 9.17) is 10.5 Å². The lowest BCUT2D eigenvalue weighted by Gasteiger charge is -2.21. The summed E-state index contributed by atoms with van der Waals surface area (Å²) in [6.45, 7) is 4.72. The quantitative estimate of drug-likeness (QED) is 0.224. The van der Waals surface area contributed by atoms with Gasteiger partial charge < -0.3 is 20.8 Å². The lowest BCUT2D eigenvalue weighted by Crippen LogP contribution is -2.41. The van der Waals surface area contributed by atoms with E-state index in [1.54, 1.807) is 12.1 Å². The van der Waals surface area contributed by atoms with Crippen molar-refractivity contribution in [2.75, 3.05) is 12.3 Å². The molecule has 1 fully saturated rings. The van der Waals surface area contributed by atoms with Gasteiger partial charge in [0.2, 0.25) is 0 Å². The maximum absolute atomic E-state index is 14.2. The Bertz CT molecular complexity index is 1410. The second-order valence-electron chi connectivity index (χ2n) is 10.7. The third-order valence-corrected chi connectivity index (χ3v) is 7.14. The molecule has 1 aliphatic rings. The van der Waals surface area contributed by atoms with Crippen LogP contribution in [0.3, 0.4) is 0 Å². The zero-order valence-corrected chi connectivity index (χ0v) is 22.8. The molecule has 0 unspecified atom stereocenters. The molecule has 9 heteroatoms. The summed E-state index contributed by atoms with van der Waals surface area (Å²) in [7, 11) is 0. The zero-order valence-electron chi connectivity index (χ0n) is 22.8. The summed E-state index contributed by atoms with van der Waals surface area (Å²) in [5, 5.41) is 3.34. The maximum Gasteiger partial charge on any atom is 0.323 e. The van der Waals surface area contributed by atoms with E-state index in [-0.39, 0.29) is 40.6 Å². The van der Waals surface area contributed by atoms with Crippen molar-refractivity contribution in [3.63, 3.8) is 0 Å². The molecule has 1 aliphatic carbocycles. The number of anilines is 1. The largest absolute Gasteiger partial charge is 0.461 e. The van der Waals surface area contributed by atoms with Crippen molar-refractivity contribution in [1.29, 1.82) is 0 Å². The lowest BCUT2D eigenvalue weighted by atomic mass is 9.98. The van der Waals surface area contributed by atoms with Crippen LogP contribution in [0.5, 0.6) is 0 Å². The second kappa shape index (κ2) is 13.0. The van der Waals surface area contributed by atoms with Crippen LogP contribution in [0.25, 0.3) is 11.1 Å². The number of nitrogen functional groups attached to an aromatic ring is 1. The van der Waals surface area contributed by atoms with Gasteiger partial charge in [0.25, 0.3) is 5.56 Å². The summed E-state index contributed by atoms with van der Waals surface area (Å²) in [6.07, 6.45) is 5.43. The number of hydrogen-bond acceptors (Lipinski definition) is 6. The van der Waals surface area contributed by atoms with Crippen LogP contribution in [-0.2, 0) is 16.0 Å². The highest BCUT2D eigenvalue weighted by Gasteiger charge is 2.26. The smallest absolute Gasteiger partial charge is 0.323 e. The highest BCUT2D eigenvalue weighted by Crippen LogP contribution is 2.24. The minimum Gasteiger partial charge on any atom is -0.461 e. The Labute approximate surface area is 232 Å². The number of nitrogens with one attached hydrogen (secondary N) is 2. The number of hydrogen-bond donors (Lipinski definition) is 3. The van der Waals surface area contributed by atoms with Crippen LogP contribution in [-0.4, -0.2) is 35.4 Å². The number of pyridine rings is 1. The average molecular weight is 552 g/mol. The van der Waals surface area contributed by atoms with Crippen LogP contribution >= 0.6 is 0 Å². The molecule has 0 saturated heterocycles. The van der Waals surface area contributed by atoms with Crippen molar-refractivity contribution in [3.05, 3.63) is 87.2 Å². The van der Waals surface area contributed by atoms with E-state index in [1.807, 2.05) is 12.1 Å². The third-order valence-electron chi connectivity index (χ3n) is 7.14. The Balaban J connectivity index is 1.43. The third kappa shape index (κ3) is 7.21. The van der Waals surface area contributed by atoms with E-state index >= 15 is 0 Å². The number of esters is 1. The van der Waals surface area contributed by atoms with Gasteiger partial charge in [0.05, 0.1) is 11.1 Å². The van der Waals surface area contributed by atoms with Crippen LogP contribution < -0.4 is 16.6 Å². The number of nitrogens with two attached hydrogens (primary N) is 1. The first kappa shape index (κ1) is 29.1. The monoisotopic (exact) mass is 551 g/mol. The van der Waals surface area contributed by atoms with E-state index in [0.29, 0.717) is 36.9 Å². The maximum atomic E-state index is 14.2. The predicted molar refractivity (Wildman–Crippen MR) is 150 cm³/mol. The molecule has 0 spiro atoms. The SMILES string of the molecule is CC(C)C[C@@H](NCCc1ccc(-c2cc(C(=O)c3ccc(F)cc3F)c(N)[nH]c2=O)cc1)C(=O)OC1CCCC1. The van der Waals surface area contributed by atoms with Gasteiger partial charge in [0, 0.05) is 11.6 Å². The normalized spacial score (nSPS) is 14.4. The minimum absolute atomic E-state index is 0.0264. The van der Waals surface area contributed by atoms with Gasteiger partial charge in [-0.2, -0.15) is 0 Å². The lowest BCUT2D eigenvalue weighted by molar-refractivity contribution is -0.151. The molecule has 0 amide bonds. The number of carbonyl (C=O) groups excluding carboxylic acids is 2. The molecule has 0 radical (unpaired) electrons. The van der Waals surface area contributed by atoms with Crippen molar-refractivity contribution in [3.8, 4) is 11.1 Å². The van der Waals surface area contributed by atoms with Crippen molar-refractivity contribution in [1.82, 2.24) is 10.3 Å². The number of H-pyrrole nitrogens is 1. The number of halogens is 2. The topological polar surface area (TPSA) is 114 Å². The molecule has 3 aromatic rings. The fourth-order valence-corrected chi connectivity index (χ4v) is 4.99. The standard InChI is InChI=1S/C31H35F2N3O4/c1-18(2)15-27(31(39)40-22-5-3-4-6-22)35-14-13-19-7-9-20(10-8-19)24-17-25(29(34)36-30(24)38)28(37)23-12-11-21(32)16-26(23)33/h7-12,16-18,22,27,35H,3-6,13-15H2,1-2H3,(H3,34,36,38)/t27-/m1/s1. The Hall–Kier alpha value is -3.85. The van der Waals surface area contributed by atoms with Crippen LogP contribution in [0.4, 0.5) is 14.6 Å². The highest BCUT2D eigenvalue weighted by atomic mass is 19.1. The number of rotatable bonds is 11. The number of carbonyl (C=O) groups is 2. The molecule has 1 saturated carbocycles. The van der Waals surface area contributed by atoms with E-state index < -0.39 is 23.0 Å². The number of aromatic nitrogens is 1. The molecule has 0 bridgehead atoms. The van der Waals surface area contributed by atoms with Crippen LogP contribution in [0.15, 0.2) is 53.3 Å². The molecule has 1 aromatic heterocycles. The first-order chi connectivity index (χ1) is 19.1. The molecule has 1 atom stereocenters. The van der Waals surface area contributed by atoms with E-state index in [2.05, 4.69) is 24.1 Å². The molecule has 4 N–H and O–H groups in total. The average Bonchev–Trinajstić information content (AvgIpc) is 3.41. The molecule has 1 heterocycles. The van der Waals surface area contributed by atoms with Crippen molar-refractivity contribution >= 4 is 17.6 Å². The first-order valence-electron chi connectivity index (χ1n) is 13.7. The minimum atomic E-state index is -1.02. The molecule has 0 aliphatic heterocycles. The van der Waals surface area contributed by atoms with Gasteiger partial charge in [-0.05, 0) is 80.3 Å². The molecular formula is C31H35F2N3O4. The van der Waals surface area contributed by atoms with Crippen LogP contribution in [0, 0.1) is 17.6 Å². The number of aromatic amines is 1. The second-order valence-corrected chi connectivity index (χ2v) is 10.7. The summed E-state index contributed by atoms with van der Waals surface area (Å²) < 4.78 is 33.2. The summed E-state index contributed by atoms with van der Waals surface area (Å²) in [4.78, 5) is 40.8. The summed E-state index contributed by atoms with van der Waals surface area (Å²) in [5.41, 5.74) is 6.66. The van der Waals surface area contributed by atoms with Crippen molar-refractivity contribution in [2.24, 2.45) is 5.92 Å². The first-order valence-corrected chi connectivity index (χ1v) is 13.7. The fraction of sp³-hybridized carbons (Fsp3) is 0.387. The zero-order chi connectivity index (χ0) is 28.8.